The summed E-state index contributed by atoms with van der Waals surface area (Å²) in [6, 6.07) is 5.74. The van der Waals surface area contributed by atoms with Crippen LogP contribution in [0.25, 0.3) is 27.1 Å². The first-order valence-electron chi connectivity index (χ1n) is 7.86. The second-order valence-corrected chi connectivity index (χ2v) is 6.10. The maximum Gasteiger partial charge on any atom is 0.228 e. The lowest BCUT2D eigenvalue weighted by Gasteiger charge is -2.19. The van der Waals surface area contributed by atoms with E-state index in [0.29, 0.717) is 17.4 Å². The van der Waals surface area contributed by atoms with Gasteiger partial charge in [0.25, 0.3) is 0 Å². The van der Waals surface area contributed by atoms with Gasteiger partial charge in [0.2, 0.25) is 5.69 Å². The normalized spacial score (nSPS) is 17.0. The van der Waals surface area contributed by atoms with E-state index in [0.717, 1.165) is 28.8 Å². The van der Waals surface area contributed by atoms with Crippen molar-refractivity contribution >= 4 is 16.6 Å². The average Bonchev–Trinajstić information content (AvgIpc) is 3.18. The Labute approximate surface area is 134 Å². The van der Waals surface area contributed by atoms with Gasteiger partial charge in [-0.25, -0.2) is 9.83 Å². The van der Waals surface area contributed by atoms with Gasteiger partial charge >= 0.3 is 0 Å². The largest absolute Gasteiger partial charge is 0.507 e. The van der Waals surface area contributed by atoms with Crippen molar-refractivity contribution in [1.82, 2.24) is 14.5 Å². The number of methoxy groups -OCH3 is 1. The molecule has 0 radical (unpaired) electrons. The molecule has 0 amide bonds. The van der Waals surface area contributed by atoms with E-state index >= 15 is 0 Å². The Morgan fingerprint density at radius 1 is 1.43 bits per heavy atom. The van der Waals surface area contributed by atoms with Crippen molar-refractivity contribution in [1.29, 1.82) is 0 Å². The number of aryl methyl sites for hydroxylation is 1. The number of H-pyrrole nitrogens is 1. The molecule has 0 saturated carbocycles. The van der Waals surface area contributed by atoms with Crippen molar-refractivity contribution < 1.29 is 4.74 Å². The molecule has 1 unspecified atom stereocenters. The molecule has 1 aliphatic rings. The molecule has 0 fully saturated rings. The first-order chi connectivity index (χ1) is 11.2. The Balaban J connectivity index is 1.86. The molecule has 1 N–H and O–H groups in total. The minimum atomic E-state index is 0.505. The summed E-state index contributed by atoms with van der Waals surface area (Å²) in [6.07, 6.45) is 4.53. The summed E-state index contributed by atoms with van der Waals surface area (Å²) in [5.74, 6) is 2.29. The van der Waals surface area contributed by atoms with Gasteiger partial charge in [-0.15, -0.1) is 0 Å². The number of fused-ring (bicyclic) bond motifs is 2. The van der Waals surface area contributed by atoms with E-state index in [1.54, 1.807) is 13.2 Å². The van der Waals surface area contributed by atoms with Gasteiger partial charge in [0.05, 0.1) is 19.4 Å². The summed E-state index contributed by atoms with van der Waals surface area (Å²) in [7, 11) is 1.60. The molecule has 3 aromatic rings. The molecule has 23 heavy (non-hydrogen) atoms. The van der Waals surface area contributed by atoms with Crippen molar-refractivity contribution in [2.75, 3.05) is 7.11 Å². The van der Waals surface area contributed by atoms with Crippen molar-refractivity contribution in [3.05, 3.63) is 41.6 Å². The molecule has 3 heterocycles. The average molecular weight is 306 g/mol. The van der Waals surface area contributed by atoms with Crippen molar-refractivity contribution in [2.45, 2.75) is 32.2 Å². The molecule has 0 bridgehead atoms. The number of ether oxygens (including phenoxy) is 1. The summed E-state index contributed by atoms with van der Waals surface area (Å²) >= 11 is 0. The highest BCUT2D eigenvalue weighted by Crippen LogP contribution is 2.38. The van der Waals surface area contributed by atoms with Gasteiger partial charge in [0.15, 0.2) is 0 Å². The molecule has 2 aromatic heterocycles. The Morgan fingerprint density at radius 3 is 3.04 bits per heavy atom. The molecule has 0 aliphatic carbocycles. The van der Waals surface area contributed by atoms with E-state index in [2.05, 4.69) is 27.5 Å². The highest BCUT2D eigenvalue weighted by molar-refractivity contribution is 5.95. The Hall–Kier alpha value is -2.74. The number of hydrogen-bond acceptors (Lipinski definition) is 2. The maximum absolute atomic E-state index is 7.26. The van der Waals surface area contributed by atoms with Crippen molar-refractivity contribution in [2.24, 2.45) is 0 Å². The fraction of sp³-hybridized carbons (Fsp3) is 0.333. The van der Waals surface area contributed by atoms with E-state index in [1.807, 2.05) is 12.1 Å². The third-order valence-electron chi connectivity index (χ3n) is 4.62. The predicted molar refractivity (Wildman–Crippen MR) is 90.0 cm³/mol. The van der Waals surface area contributed by atoms with Crippen LogP contribution in [-0.4, -0.2) is 21.6 Å². The fourth-order valence-corrected chi connectivity index (χ4v) is 3.44. The van der Waals surface area contributed by atoms with Crippen LogP contribution >= 0.6 is 0 Å². The lowest BCUT2D eigenvalue weighted by molar-refractivity contribution is 0.422. The van der Waals surface area contributed by atoms with E-state index in [1.165, 1.54) is 18.7 Å². The molecule has 116 valence electrons. The van der Waals surface area contributed by atoms with Gasteiger partial charge in [-0.1, -0.05) is 13.0 Å². The second kappa shape index (κ2) is 5.17. The lowest BCUT2D eigenvalue weighted by Crippen LogP contribution is -2.12. The topological polar surface area (TPSA) is 47.2 Å². The number of aromatic amines is 1. The van der Waals surface area contributed by atoms with E-state index in [9.17, 15) is 0 Å². The highest BCUT2D eigenvalue weighted by atomic mass is 16.5. The van der Waals surface area contributed by atoms with Crippen molar-refractivity contribution in [3.63, 3.8) is 0 Å². The van der Waals surface area contributed by atoms with E-state index in [-0.39, 0.29) is 0 Å². The molecule has 5 heteroatoms. The van der Waals surface area contributed by atoms with Crippen LogP contribution in [0.1, 0.15) is 31.5 Å². The summed E-state index contributed by atoms with van der Waals surface area (Å²) < 4.78 is 7.70. The van der Waals surface area contributed by atoms with E-state index < -0.39 is 0 Å². The smallest absolute Gasteiger partial charge is 0.228 e. The molecule has 0 saturated heterocycles. The minimum Gasteiger partial charge on any atom is -0.507 e. The molecule has 4 rings (SSSR count). The van der Waals surface area contributed by atoms with Crippen LogP contribution in [0.15, 0.2) is 24.4 Å². The zero-order valence-electron chi connectivity index (χ0n) is 13.3. The van der Waals surface area contributed by atoms with Gasteiger partial charge in [0.1, 0.15) is 17.3 Å². The quantitative estimate of drug-likeness (QED) is 0.709. The summed E-state index contributed by atoms with van der Waals surface area (Å²) in [4.78, 5) is 11.8. The maximum atomic E-state index is 7.26. The van der Waals surface area contributed by atoms with Crippen LogP contribution in [0.2, 0.25) is 0 Å². The number of nitrogens with zero attached hydrogens (tertiary/aromatic N) is 3. The standard InChI is InChI=1S/C18H18N4O/c1-11-5-4-8-22-10-16(21-18(11)22)15-9-12-13(20-15)6-7-14(19-2)17(12)23-3/h6-7,9-11,20H,4-5,8H2,1,3H3. The molecule has 5 nitrogen and oxygen atoms in total. The van der Waals surface area contributed by atoms with E-state index in [4.69, 9.17) is 16.3 Å². The van der Waals surface area contributed by atoms with Crippen LogP contribution in [0.5, 0.6) is 5.75 Å². The third kappa shape index (κ3) is 2.10. The lowest BCUT2D eigenvalue weighted by atomic mass is 10.0. The Morgan fingerprint density at radius 2 is 2.30 bits per heavy atom. The molecule has 1 aliphatic heterocycles. The second-order valence-electron chi connectivity index (χ2n) is 6.10. The number of rotatable bonds is 2. The zero-order valence-corrected chi connectivity index (χ0v) is 13.3. The molecule has 0 spiro atoms. The monoisotopic (exact) mass is 306 g/mol. The summed E-state index contributed by atoms with van der Waals surface area (Å²) in [5, 5.41) is 0.926. The van der Waals surface area contributed by atoms with Gasteiger partial charge in [-0.2, -0.15) is 0 Å². The van der Waals surface area contributed by atoms with Crippen LogP contribution in [0.3, 0.4) is 0 Å². The summed E-state index contributed by atoms with van der Waals surface area (Å²) in [5.41, 5.74) is 3.41. The van der Waals surface area contributed by atoms with Crippen LogP contribution in [0.4, 0.5) is 5.69 Å². The van der Waals surface area contributed by atoms with Gasteiger partial charge in [0, 0.05) is 29.6 Å². The number of nitrogens with one attached hydrogen (secondary N) is 1. The summed E-state index contributed by atoms with van der Waals surface area (Å²) in [6.45, 7) is 10.5. The molecular weight excluding hydrogens is 288 g/mol. The number of benzene rings is 1. The fourth-order valence-electron chi connectivity index (χ4n) is 3.44. The highest BCUT2D eigenvalue weighted by Gasteiger charge is 2.21. The van der Waals surface area contributed by atoms with Crippen molar-refractivity contribution in [3.8, 4) is 17.1 Å². The van der Waals surface area contributed by atoms with Crippen LogP contribution < -0.4 is 4.74 Å². The third-order valence-corrected chi connectivity index (χ3v) is 4.62. The Bertz CT molecular complexity index is 929. The SMILES string of the molecule is [C-]#[N+]c1ccc2[nH]c(-c3cn4c(n3)C(C)CCC4)cc2c1OC. The first kappa shape index (κ1) is 13.9. The van der Waals surface area contributed by atoms with Crippen LogP contribution in [0, 0.1) is 6.57 Å². The zero-order chi connectivity index (χ0) is 16.0. The van der Waals surface area contributed by atoms with Gasteiger partial charge < -0.3 is 14.3 Å². The Kier molecular flexibility index (Phi) is 3.12. The molecule has 1 atom stereocenters. The first-order valence-corrected chi connectivity index (χ1v) is 7.86. The van der Waals surface area contributed by atoms with Gasteiger partial charge in [-0.05, 0) is 25.0 Å². The number of aromatic nitrogens is 3. The number of hydrogen-bond donors (Lipinski definition) is 1. The molecular formula is C18H18N4O. The predicted octanol–water partition coefficient (Wildman–Crippen LogP) is 4.49. The minimum absolute atomic E-state index is 0.505. The van der Waals surface area contributed by atoms with Crippen LogP contribution in [-0.2, 0) is 6.54 Å². The van der Waals surface area contributed by atoms with Gasteiger partial charge in [-0.3, -0.25) is 0 Å². The number of imidazole rings is 1. The molecule has 1 aromatic carbocycles.